The Morgan fingerprint density at radius 2 is 1.92 bits per heavy atom. The van der Waals surface area contributed by atoms with E-state index in [1.165, 1.54) is 5.56 Å². The number of benzene rings is 1. The van der Waals surface area contributed by atoms with Gasteiger partial charge in [0, 0.05) is 52.4 Å². The number of morpholine rings is 1. The van der Waals surface area contributed by atoms with Crippen LogP contribution in [0.1, 0.15) is 12.5 Å². The highest BCUT2D eigenvalue weighted by atomic mass is 16.5. The van der Waals surface area contributed by atoms with Crippen molar-refractivity contribution in [3.8, 4) is 0 Å². The molecular weight excluding hydrogens is 326 g/mol. The summed E-state index contributed by atoms with van der Waals surface area (Å²) in [5.74, 6) is 1.03. The van der Waals surface area contributed by atoms with Crippen LogP contribution in [0, 0.1) is 0 Å². The Balaban J connectivity index is 1.50. The van der Waals surface area contributed by atoms with E-state index in [2.05, 4.69) is 64.3 Å². The highest BCUT2D eigenvalue weighted by Crippen LogP contribution is 2.09. The van der Waals surface area contributed by atoms with Crippen LogP contribution in [-0.4, -0.2) is 92.8 Å². The summed E-state index contributed by atoms with van der Waals surface area (Å²) < 4.78 is 5.84. The molecule has 2 aliphatic rings. The third-order valence-corrected chi connectivity index (χ3v) is 5.04. The zero-order chi connectivity index (χ0) is 18.2. The van der Waals surface area contributed by atoms with Gasteiger partial charge in [0.2, 0.25) is 0 Å². The Kier molecular flexibility index (Phi) is 7.29. The molecule has 2 fully saturated rings. The molecule has 0 aromatic heterocycles. The summed E-state index contributed by atoms with van der Waals surface area (Å²) in [6.45, 7) is 11.8. The molecule has 0 radical (unpaired) electrons. The standard InChI is InChI=1S/C20H33N5O/c1-3-21-20(22-15-19-17-23(2)13-14-26-19)25-11-9-24(10-12-25)16-18-7-5-4-6-8-18/h4-8,19H,3,9-17H2,1-2H3,(H,21,22). The quantitative estimate of drug-likeness (QED) is 0.630. The highest BCUT2D eigenvalue weighted by Gasteiger charge is 2.21. The van der Waals surface area contributed by atoms with E-state index >= 15 is 0 Å². The first-order valence-electron chi connectivity index (χ1n) is 9.84. The van der Waals surface area contributed by atoms with Crippen molar-refractivity contribution in [1.29, 1.82) is 0 Å². The summed E-state index contributed by atoms with van der Waals surface area (Å²) in [5.41, 5.74) is 1.39. The molecule has 1 aromatic rings. The second-order valence-corrected chi connectivity index (χ2v) is 7.20. The lowest BCUT2D eigenvalue weighted by Gasteiger charge is -2.37. The van der Waals surface area contributed by atoms with Crippen LogP contribution in [0.5, 0.6) is 0 Å². The lowest BCUT2D eigenvalue weighted by molar-refractivity contribution is -0.0137. The lowest BCUT2D eigenvalue weighted by Crippen LogP contribution is -2.52. The van der Waals surface area contributed by atoms with E-state index in [-0.39, 0.29) is 6.10 Å². The van der Waals surface area contributed by atoms with E-state index < -0.39 is 0 Å². The van der Waals surface area contributed by atoms with Gasteiger partial charge in [0.15, 0.2) is 5.96 Å². The zero-order valence-electron chi connectivity index (χ0n) is 16.2. The van der Waals surface area contributed by atoms with Crippen molar-refractivity contribution >= 4 is 5.96 Å². The molecule has 1 unspecified atom stereocenters. The number of hydrogen-bond donors (Lipinski definition) is 1. The van der Waals surface area contributed by atoms with Gasteiger partial charge in [0.25, 0.3) is 0 Å². The number of aliphatic imine (C=N–C) groups is 1. The number of rotatable bonds is 5. The van der Waals surface area contributed by atoms with Gasteiger partial charge >= 0.3 is 0 Å². The summed E-state index contributed by atoms with van der Waals surface area (Å²) in [6.07, 6.45) is 0.210. The van der Waals surface area contributed by atoms with Gasteiger partial charge in [-0.05, 0) is 19.5 Å². The zero-order valence-corrected chi connectivity index (χ0v) is 16.2. The maximum Gasteiger partial charge on any atom is 0.194 e. The molecule has 26 heavy (non-hydrogen) atoms. The fourth-order valence-electron chi connectivity index (χ4n) is 3.55. The summed E-state index contributed by atoms with van der Waals surface area (Å²) in [6, 6.07) is 10.7. The first-order chi connectivity index (χ1) is 12.7. The number of piperazine rings is 1. The first-order valence-corrected chi connectivity index (χ1v) is 9.84. The Morgan fingerprint density at radius 1 is 1.15 bits per heavy atom. The lowest BCUT2D eigenvalue weighted by atomic mass is 10.2. The number of nitrogens with one attached hydrogen (secondary N) is 1. The number of hydrogen-bond acceptors (Lipinski definition) is 4. The van der Waals surface area contributed by atoms with Gasteiger partial charge in [0.05, 0.1) is 19.3 Å². The maximum absolute atomic E-state index is 5.84. The van der Waals surface area contributed by atoms with Crippen LogP contribution in [0.15, 0.2) is 35.3 Å². The molecule has 1 aromatic carbocycles. The predicted molar refractivity (Wildman–Crippen MR) is 107 cm³/mol. The number of guanidine groups is 1. The second kappa shape index (κ2) is 9.90. The van der Waals surface area contributed by atoms with Gasteiger partial charge in [0.1, 0.15) is 0 Å². The smallest absolute Gasteiger partial charge is 0.194 e. The minimum absolute atomic E-state index is 0.210. The fraction of sp³-hybridized carbons (Fsp3) is 0.650. The van der Waals surface area contributed by atoms with Crippen LogP contribution < -0.4 is 5.32 Å². The summed E-state index contributed by atoms with van der Waals surface area (Å²) in [7, 11) is 2.15. The Labute approximate surface area is 157 Å². The first kappa shape index (κ1) is 19.1. The van der Waals surface area contributed by atoms with Crippen LogP contribution >= 0.6 is 0 Å². The highest BCUT2D eigenvalue weighted by molar-refractivity contribution is 5.80. The number of nitrogens with zero attached hydrogens (tertiary/aromatic N) is 4. The molecule has 0 bridgehead atoms. The molecule has 0 saturated carbocycles. The Morgan fingerprint density at radius 3 is 2.62 bits per heavy atom. The monoisotopic (exact) mass is 359 g/mol. The van der Waals surface area contributed by atoms with Gasteiger partial charge in [-0.25, -0.2) is 0 Å². The van der Waals surface area contributed by atoms with Gasteiger partial charge in [-0.3, -0.25) is 9.89 Å². The van der Waals surface area contributed by atoms with Gasteiger partial charge < -0.3 is 19.9 Å². The second-order valence-electron chi connectivity index (χ2n) is 7.20. The molecule has 2 heterocycles. The van der Waals surface area contributed by atoms with Gasteiger partial charge in [-0.2, -0.15) is 0 Å². The SMILES string of the molecule is CCNC(=NCC1CN(C)CCO1)N1CCN(Cc2ccccc2)CC1. The van der Waals surface area contributed by atoms with Crippen molar-refractivity contribution < 1.29 is 4.74 Å². The molecule has 3 rings (SSSR count). The Bertz CT molecular complexity index is 557. The van der Waals surface area contributed by atoms with Gasteiger partial charge in [-0.1, -0.05) is 30.3 Å². The van der Waals surface area contributed by atoms with Crippen molar-refractivity contribution in [1.82, 2.24) is 20.0 Å². The minimum atomic E-state index is 0.210. The predicted octanol–water partition coefficient (Wildman–Crippen LogP) is 1.10. The molecule has 2 aliphatic heterocycles. The van der Waals surface area contributed by atoms with E-state index in [9.17, 15) is 0 Å². The normalized spacial score (nSPS) is 23.2. The van der Waals surface area contributed by atoms with Crippen molar-refractivity contribution in [2.75, 3.05) is 66.0 Å². The van der Waals surface area contributed by atoms with E-state index in [4.69, 9.17) is 9.73 Å². The van der Waals surface area contributed by atoms with Crippen molar-refractivity contribution in [2.45, 2.75) is 19.6 Å². The molecule has 0 amide bonds. The molecule has 0 spiro atoms. The third kappa shape index (κ3) is 5.69. The molecule has 1 atom stereocenters. The molecule has 6 heteroatoms. The molecule has 1 N–H and O–H groups in total. The van der Waals surface area contributed by atoms with E-state index in [0.29, 0.717) is 0 Å². The topological polar surface area (TPSA) is 43.3 Å². The third-order valence-electron chi connectivity index (χ3n) is 5.04. The maximum atomic E-state index is 5.84. The molecule has 0 aliphatic carbocycles. The Hall–Kier alpha value is -1.63. The van der Waals surface area contributed by atoms with Crippen molar-refractivity contribution in [3.63, 3.8) is 0 Å². The van der Waals surface area contributed by atoms with Crippen LogP contribution in [0.4, 0.5) is 0 Å². The van der Waals surface area contributed by atoms with Crippen molar-refractivity contribution in [2.24, 2.45) is 4.99 Å². The minimum Gasteiger partial charge on any atom is -0.374 e. The van der Waals surface area contributed by atoms with Crippen LogP contribution in [0.3, 0.4) is 0 Å². The van der Waals surface area contributed by atoms with E-state index in [1.807, 2.05) is 0 Å². The van der Waals surface area contributed by atoms with Crippen molar-refractivity contribution in [3.05, 3.63) is 35.9 Å². The summed E-state index contributed by atoms with van der Waals surface area (Å²) in [4.78, 5) is 12.1. The van der Waals surface area contributed by atoms with Crippen LogP contribution in [-0.2, 0) is 11.3 Å². The van der Waals surface area contributed by atoms with Gasteiger partial charge in [-0.15, -0.1) is 0 Å². The molecule has 2 saturated heterocycles. The van der Waals surface area contributed by atoms with Crippen LogP contribution in [0.2, 0.25) is 0 Å². The molecule has 6 nitrogen and oxygen atoms in total. The van der Waals surface area contributed by atoms with E-state index in [1.54, 1.807) is 0 Å². The molecule has 144 valence electrons. The largest absolute Gasteiger partial charge is 0.374 e. The molecular formula is C20H33N5O. The van der Waals surface area contributed by atoms with E-state index in [0.717, 1.165) is 71.5 Å². The summed E-state index contributed by atoms with van der Waals surface area (Å²) in [5, 5.41) is 3.46. The van der Waals surface area contributed by atoms with Crippen LogP contribution in [0.25, 0.3) is 0 Å². The fourth-order valence-corrected chi connectivity index (χ4v) is 3.55. The average Bonchev–Trinajstić information content (AvgIpc) is 2.67. The summed E-state index contributed by atoms with van der Waals surface area (Å²) >= 11 is 0. The number of likely N-dealkylation sites (N-methyl/N-ethyl adjacent to an activating group) is 1. The average molecular weight is 360 g/mol. The number of ether oxygens (including phenoxy) is 1.